The highest BCUT2D eigenvalue weighted by Gasteiger charge is 2.11. The van der Waals surface area contributed by atoms with Crippen molar-refractivity contribution in [2.45, 2.75) is 13.5 Å². The lowest BCUT2D eigenvalue weighted by molar-refractivity contribution is -0.384. The number of nitro groups is 1. The van der Waals surface area contributed by atoms with E-state index in [1.165, 1.54) is 12.1 Å². The zero-order chi connectivity index (χ0) is 14.5. The molecule has 0 atom stereocenters. The van der Waals surface area contributed by atoms with Gasteiger partial charge in [0.2, 0.25) is 0 Å². The molecule has 0 saturated carbocycles. The van der Waals surface area contributed by atoms with Gasteiger partial charge in [0, 0.05) is 18.2 Å². The number of para-hydroxylation sites is 1. The molecule has 2 aromatic carbocycles. The quantitative estimate of drug-likeness (QED) is 0.669. The van der Waals surface area contributed by atoms with Crippen LogP contribution in [0.1, 0.15) is 11.1 Å². The number of rotatable bonds is 5. The van der Waals surface area contributed by atoms with Crippen LogP contribution in [0, 0.1) is 17.0 Å². The maximum Gasteiger partial charge on any atom is 0.273 e. The van der Waals surface area contributed by atoms with Crippen molar-refractivity contribution in [2.24, 2.45) is 0 Å². The smallest absolute Gasteiger partial charge is 0.273 e. The number of hydrogen-bond acceptors (Lipinski definition) is 4. The Kier molecular flexibility index (Phi) is 4.32. The van der Waals surface area contributed by atoms with E-state index >= 15 is 0 Å². The van der Waals surface area contributed by atoms with Gasteiger partial charge in [-0.1, -0.05) is 18.2 Å². The van der Waals surface area contributed by atoms with Crippen LogP contribution in [0.2, 0.25) is 0 Å². The molecule has 0 aromatic heterocycles. The third kappa shape index (κ3) is 3.13. The van der Waals surface area contributed by atoms with E-state index in [1.54, 1.807) is 6.07 Å². The number of nitro benzene ring substituents is 1. The first-order valence-corrected chi connectivity index (χ1v) is 6.27. The minimum Gasteiger partial charge on any atom is -0.456 e. The molecule has 0 unspecified atom stereocenters. The lowest BCUT2D eigenvalue weighted by Crippen LogP contribution is -2.06. The Bertz CT molecular complexity index is 626. The Hall–Kier alpha value is -2.40. The monoisotopic (exact) mass is 272 g/mol. The Balaban J connectivity index is 2.34. The Labute approximate surface area is 117 Å². The number of benzene rings is 2. The molecule has 2 aromatic rings. The first kappa shape index (κ1) is 14.0. The topological polar surface area (TPSA) is 64.4 Å². The molecule has 20 heavy (non-hydrogen) atoms. The molecule has 0 saturated heterocycles. The highest BCUT2D eigenvalue weighted by Crippen LogP contribution is 2.30. The van der Waals surface area contributed by atoms with Crippen molar-refractivity contribution >= 4 is 5.69 Å². The molecule has 0 fully saturated rings. The Morgan fingerprint density at radius 2 is 1.95 bits per heavy atom. The zero-order valence-corrected chi connectivity index (χ0v) is 11.4. The molecule has 0 amide bonds. The molecule has 5 nitrogen and oxygen atoms in total. The van der Waals surface area contributed by atoms with Crippen LogP contribution in [0.3, 0.4) is 0 Å². The number of ether oxygens (including phenoxy) is 1. The van der Waals surface area contributed by atoms with Gasteiger partial charge in [-0.15, -0.1) is 0 Å². The largest absolute Gasteiger partial charge is 0.456 e. The molecule has 5 heteroatoms. The lowest BCUT2D eigenvalue weighted by atomic mass is 10.2. The summed E-state index contributed by atoms with van der Waals surface area (Å²) in [7, 11) is 1.86. The lowest BCUT2D eigenvalue weighted by Gasteiger charge is -2.12. The van der Waals surface area contributed by atoms with Gasteiger partial charge < -0.3 is 10.1 Å². The van der Waals surface area contributed by atoms with Gasteiger partial charge in [-0.2, -0.15) is 0 Å². The van der Waals surface area contributed by atoms with E-state index in [1.807, 2.05) is 38.2 Å². The first-order chi connectivity index (χ1) is 9.61. The van der Waals surface area contributed by atoms with Gasteiger partial charge in [0.1, 0.15) is 11.5 Å². The average Bonchev–Trinajstić information content (AvgIpc) is 2.43. The van der Waals surface area contributed by atoms with Gasteiger partial charge in [0.25, 0.3) is 5.69 Å². The zero-order valence-electron chi connectivity index (χ0n) is 11.4. The van der Waals surface area contributed by atoms with Gasteiger partial charge in [0.15, 0.2) is 0 Å². The number of non-ortho nitro benzene ring substituents is 1. The molecule has 0 aliphatic carbocycles. The minimum atomic E-state index is -0.425. The van der Waals surface area contributed by atoms with E-state index in [2.05, 4.69) is 5.32 Å². The summed E-state index contributed by atoms with van der Waals surface area (Å²) in [4.78, 5) is 10.4. The van der Waals surface area contributed by atoms with Crippen molar-refractivity contribution in [1.29, 1.82) is 0 Å². The summed E-state index contributed by atoms with van der Waals surface area (Å²) in [5.74, 6) is 1.20. The van der Waals surface area contributed by atoms with Crippen LogP contribution in [0.15, 0.2) is 42.5 Å². The van der Waals surface area contributed by atoms with Crippen LogP contribution in [-0.4, -0.2) is 12.0 Å². The van der Waals surface area contributed by atoms with Crippen LogP contribution < -0.4 is 10.1 Å². The summed E-state index contributed by atoms with van der Waals surface area (Å²) in [5.41, 5.74) is 1.88. The molecular formula is C15H16N2O3. The fourth-order valence-corrected chi connectivity index (χ4v) is 1.87. The average molecular weight is 272 g/mol. The van der Waals surface area contributed by atoms with E-state index in [4.69, 9.17) is 4.74 Å². The molecule has 0 spiro atoms. The van der Waals surface area contributed by atoms with Gasteiger partial charge >= 0.3 is 0 Å². The highest BCUT2D eigenvalue weighted by molar-refractivity contribution is 5.47. The van der Waals surface area contributed by atoms with E-state index in [9.17, 15) is 10.1 Å². The number of nitrogens with zero attached hydrogens (tertiary/aromatic N) is 1. The molecular weight excluding hydrogens is 256 g/mol. The predicted octanol–water partition coefficient (Wildman–Crippen LogP) is 3.41. The number of hydrogen-bond donors (Lipinski definition) is 1. The third-order valence-corrected chi connectivity index (χ3v) is 2.94. The van der Waals surface area contributed by atoms with Crippen LogP contribution >= 0.6 is 0 Å². The summed E-state index contributed by atoms with van der Waals surface area (Å²) in [6.07, 6.45) is 0. The molecule has 2 rings (SSSR count). The van der Waals surface area contributed by atoms with Crippen LogP contribution in [0.25, 0.3) is 0 Å². The SMILES string of the molecule is CNCc1ccccc1Oc1cc([N+](=O)[O-])ccc1C. The van der Waals surface area contributed by atoms with Crippen molar-refractivity contribution in [1.82, 2.24) is 5.32 Å². The van der Waals surface area contributed by atoms with Crippen molar-refractivity contribution in [3.05, 3.63) is 63.7 Å². The summed E-state index contributed by atoms with van der Waals surface area (Å²) in [5, 5.41) is 13.9. The normalized spacial score (nSPS) is 10.3. The molecule has 0 aliphatic heterocycles. The second-order valence-corrected chi connectivity index (χ2v) is 4.45. The number of nitrogens with one attached hydrogen (secondary N) is 1. The third-order valence-electron chi connectivity index (χ3n) is 2.94. The first-order valence-electron chi connectivity index (χ1n) is 6.27. The van der Waals surface area contributed by atoms with Crippen molar-refractivity contribution < 1.29 is 9.66 Å². The highest BCUT2D eigenvalue weighted by atomic mass is 16.6. The van der Waals surface area contributed by atoms with Crippen LogP contribution in [0.5, 0.6) is 11.5 Å². The Morgan fingerprint density at radius 3 is 2.65 bits per heavy atom. The van der Waals surface area contributed by atoms with Gasteiger partial charge in [-0.3, -0.25) is 10.1 Å². The maximum atomic E-state index is 10.8. The minimum absolute atomic E-state index is 0.0247. The van der Waals surface area contributed by atoms with Gasteiger partial charge in [-0.25, -0.2) is 0 Å². The molecule has 0 aliphatic rings. The molecule has 104 valence electrons. The second kappa shape index (κ2) is 6.16. The summed E-state index contributed by atoms with van der Waals surface area (Å²) < 4.78 is 5.84. The standard InChI is InChI=1S/C15H16N2O3/c1-11-7-8-13(17(18)19)9-15(11)20-14-6-4-3-5-12(14)10-16-2/h3-9,16H,10H2,1-2H3. The summed E-state index contributed by atoms with van der Waals surface area (Å²) >= 11 is 0. The summed E-state index contributed by atoms with van der Waals surface area (Å²) in [6.45, 7) is 2.53. The fourth-order valence-electron chi connectivity index (χ4n) is 1.87. The maximum absolute atomic E-state index is 10.8. The summed E-state index contributed by atoms with van der Waals surface area (Å²) in [6, 6.07) is 12.2. The van der Waals surface area contributed by atoms with Crippen LogP contribution in [-0.2, 0) is 6.54 Å². The van der Waals surface area contributed by atoms with Crippen LogP contribution in [0.4, 0.5) is 5.69 Å². The van der Waals surface area contributed by atoms with E-state index in [-0.39, 0.29) is 5.69 Å². The molecule has 1 N–H and O–H groups in total. The van der Waals surface area contributed by atoms with E-state index in [0.717, 1.165) is 11.1 Å². The van der Waals surface area contributed by atoms with Crippen molar-refractivity contribution in [3.63, 3.8) is 0 Å². The number of aryl methyl sites for hydroxylation is 1. The molecule has 0 bridgehead atoms. The predicted molar refractivity (Wildman–Crippen MR) is 77.1 cm³/mol. The Morgan fingerprint density at radius 1 is 1.20 bits per heavy atom. The fraction of sp³-hybridized carbons (Fsp3) is 0.200. The van der Waals surface area contributed by atoms with Crippen molar-refractivity contribution in [3.8, 4) is 11.5 Å². The van der Waals surface area contributed by atoms with E-state index < -0.39 is 4.92 Å². The van der Waals surface area contributed by atoms with E-state index in [0.29, 0.717) is 18.0 Å². The second-order valence-electron chi connectivity index (χ2n) is 4.45. The van der Waals surface area contributed by atoms with Gasteiger partial charge in [0.05, 0.1) is 11.0 Å². The van der Waals surface area contributed by atoms with Crippen molar-refractivity contribution in [2.75, 3.05) is 7.05 Å². The van der Waals surface area contributed by atoms with Gasteiger partial charge in [-0.05, 0) is 31.7 Å². The molecule has 0 radical (unpaired) electrons. The molecule has 0 heterocycles.